The van der Waals surface area contributed by atoms with E-state index in [0.29, 0.717) is 0 Å². The number of benzene rings is 2. The average molecular weight is 334 g/mol. The van der Waals surface area contributed by atoms with Crippen molar-refractivity contribution in [1.82, 2.24) is 19.7 Å². The zero-order valence-electron chi connectivity index (χ0n) is 15.0. The maximum absolute atomic E-state index is 12.9. The summed E-state index contributed by atoms with van der Waals surface area (Å²) < 4.78 is 1.71. The molecular formula is C20H22N4O. The van der Waals surface area contributed by atoms with Gasteiger partial charge < -0.3 is 4.90 Å². The molecule has 0 saturated heterocycles. The van der Waals surface area contributed by atoms with Crippen molar-refractivity contribution in [3.05, 3.63) is 77.4 Å². The Hall–Kier alpha value is -2.95. The lowest BCUT2D eigenvalue weighted by atomic mass is 10.0. The lowest BCUT2D eigenvalue weighted by Gasteiger charge is -2.26. The van der Waals surface area contributed by atoms with Gasteiger partial charge in [-0.3, -0.25) is 4.79 Å². The smallest absolute Gasteiger partial charge is 0.254 e. The molecule has 1 heterocycles. The zero-order chi connectivity index (χ0) is 18.0. The van der Waals surface area contributed by atoms with Gasteiger partial charge >= 0.3 is 0 Å². The van der Waals surface area contributed by atoms with Gasteiger partial charge in [0.25, 0.3) is 5.91 Å². The molecule has 0 fully saturated rings. The minimum absolute atomic E-state index is 0.0304. The van der Waals surface area contributed by atoms with Gasteiger partial charge in [-0.25, -0.2) is 9.67 Å². The first-order chi connectivity index (χ1) is 12.0. The maximum atomic E-state index is 12.9. The zero-order valence-corrected chi connectivity index (χ0v) is 15.0. The molecule has 0 bridgehead atoms. The van der Waals surface area contributed by atoms with Crippen molar-refractivity contribution in [3.63, 3.8) is 0 Å². The lowest BCUT2D eigenvalue weighted by Crippen LogP contribution is -2.30. The summed E-state index contributed by atoms with van der Waals surface area (Å²) in [4.78, 5) is 18.6. The van der Waals surface area contributed by atoms with Crippen molar-refractivity contribution in [3.8, 4) is 5.69 Å². The van der Waals surface area contributed by atoms with E-state index in [1.165, 1.54) is 6.33 Å². The number of carbonyl (C=O) groups is 1. The van der Waals surface area contributed by atoms with Gasteiger partial charge in [0.1, 0.15) is 12.7 Å². The van der Waals surface area contributed by atoms with Crippen molar-refractivity contribution < 1.29 is 4.79 Å². The van der Waals surface area contributed by atoms with Crippen LogP contribution >= 0.6 is 0 Å². The summed E-state index contributed by atoms with van der Waals surface area (Å²) >= 11 is 0. The van der Waals surface area contributed by atoms with E-state index in [9.17, 15) is 4.79 Å². The van der Waals surface area contributed by atoms with Crippen LogP contribution in [0.25, 0.3) is 5.69 Å². The molecule has 2 aromatic carbocycles. The fourth-order valence-electron chi connectivity index (χ4n) is 2.80. The second-order valence-electron chi connectivity index (χ2n) is 6.34. The first-order valence-corrected chi connectivity index (χ1v) is 8.26. The molecule has 5 nitrogen and oxygen atoms in total. The van der Waals surface area contributed by atoms with Crippen molar-refractivity contribution in [2.75, 3.05) is 7.05 Å². The Kier molecular flexibility index (Phi) is 4.65. The molecule has 3 rings (SSSR count). The molecule has 5 heteroatoms. The van der Waals surface area contributed by atoms with E-state index in [1.807, 2.05) is 70.3 Å². The van der Waals surface area contributed by atoms with Crippen LogP contribution in [0.4, 0.5) is 0 Å². The van der Waals surface area contributed by atoms with E-state index in [1.54, 1.807) is 15.9 Å². The molecule has 0 aliphatic carbocycles. The standard InChI is InChI=1S/C20H22N4O/c1-14-5-6-15(2)19(11-14)20(25)23(4)16(3)17-7-9-18(10-8-17)24-13-21-12-22-24/h5-13,16H,1-4H3/t16-/m0/s1. The minimum Gasteiger partial charge on any atom is -0.335 e. The van der Waals surface area contributed by atoms with Crippen molar-refractivity contribution in [1.29, 1.82) is 0 Å². The fraction of sp³-hybridized carbons (Fsp3) is 0.250. The summed E-state index contributed by atoms with van der Waals surface area (Å²) in [5.74, 6) is 0.0362. The predicted octanol–water partition coefficient (Wildman–Crippen LogP) is 3.72. The van der Waals surface area contributed by atoms with Crippen LogP contribution in [0.2, 0.25) is 0 Å². The molecule has 0 aliphatic rings. The molecule has 1 aromatic heterocycles. The molecule has 25 heavy (non-hydrogen) atoms. The number of rotatable bonds is 4. The van der Waals surface area contributed by atoms with Crippen LogP contribution in [0, 0.1) is 13.8 Å². The first-order valence-electron chi connectivity index (χ1n) is 8.26. The molecule has 1 atom stereocenters. The van der Waals surface area contributed by atoms with E-state index in [4.69, 9.17) is 0 Å². The quantitative estimate of drug-likeness (QED) is 0.731. The number of carbonyl (C=O) groups excluding carboxylic acids is 1. The first kappa shape index (κ1) is 16.9. The summed E-state index contributed by atoms with van der Waals surface area (Å²) in [5, 5.41) is 4.12. The third-order valence-electron chi connectivity index (χ3n) is 4.58. The molecule has 0 aliphatic heterocycles. The van der Waals surface area contributed by atoms with Crippen LogP contribution in [0.1, 0.15) is 40.0 Å². The van der Waals surface area contributed by atoms with Gasteiger partial charge in [0.2, 0.25) is 0 Å². The van der Waals surface area contributed by atoms with Crippen LogP contribution in [-0.2, 0) is 0 Å². The number of aryl methyl sites for hydroxylation is 2. The molecule has 3 aromatic rings. The maximum Gasteiger partial charge on any atom is 0.254 e. The Labute approximate surface area is 147 Å². The van der Waals surface area contributed by atoms with E-state index < -0.39 is 0 Å². The van der Waals surface area contributed by atoms with Crippen LogP contribution in [0.3, 0.4) is 0 Å². The van der Waals surface area contributed by atoms with Gasteiger partial charge in [0, 0.05) is 12.6 Å². The van der Waals surface area contributed by atoms with Crippen LogP contribution in [-0.4, -0.2) is 32.6 Å². The van der Waals surface area contributed by atoms with Crippen molar-refractivity contribution in [2.45, 2.75) is 26.8 Å². The Morgan fingerprint density at radius 1 is 1.12 bits per heavy atom. The summed E-state index contributed by atoms with van der Waals surface area (Å²) in [5.41, 5.74) is 4.86. The second kappa shape index (κ2) is 6.89. The number of hydrogen-bond donors (Lipinski definition) is 0. The third kappa shape index (κ3) is 3.45. The van der Waals surface area contributed by atoms with Gasteiger partial charge in [-0.15, -0.1) is 0 Å². The highest BCUT2D eigenvalue weighted by Gasteiger charge is 2.20. The molecule has 0 unspecified atom stereocenters. The topological polar surface area (TPSA) is 51.0 Å². The Balaban J connectivity index is 1.81. The minimum atomic E-state index is -0.0304. The van der Waals surface area contributed by atoms with Gasteiger partial charge in [-0.1, -0.05) is 29.8 Å². The number of nitrogens with zero attached hydrogens (tertiary/aromatic N) is 4. The van der Waals surface area contributed by atoms with Crippen LogP contribution in [0.15, 0.2) is 55.1 Å². The number of hydrogen-bond acceptors (Lipinski definition) is 3. The normalized spacial score (nSPS) is 12.0. The molecule has 0 radical (unpaired) electrons. The van der Waals surface area contributed by atoms with Crippen LogP contribution < -0.4 is 0 Å². The molecule has 1 amide bonds. The molecule has 128 valence electrons. The highest BCUT2D eigenvalue weighted by Crippen LogP contribution is 2.23. The Bertz CT molecular complexity index is 869. The highest BCUT2D eigenvalue weighted by molar-refractivity contribution is 5.95. The molecular weight excluding hydrogens is 312 g/mol. The summed E-state index contributed by atoms with van der Waals surface area (Å²) in [6.07, 6.45) is 3.17. The Morgan fingerprint density at radius 3 is 2.48 bits per heavy atom. The van der Waals surface area contributed by atoms with Crippen LogP contribution in [0.5, 0.6) is 0 Å². The number of aromatic nitrogens is 3. The monoisotopic (exact) mass is 334 g/mol. The van der Waals surface area contributed by atoms with E-state index >= 15 is 0 Å². The van der Waals surface area contributed by atoms with Gasteiger partial charge in [0.05, 0.1) is 11.7 Å². The summed E-state index contributed by atoms with van der Waals surface area (Å²) in [6, 6.07) is 14.0. The fourth-order valence-corrected chi connectivity index (χ4v) is 2.80. The largest absolute Gasteiger partial charge is 0.335 e. The van der Waals surface area contributed by atoms with E-state index in [2.05, 4.69) is 10.1 Å². The summed E-state index contributed by atoms with van der Waals surface area (Å²) in [6.45, 7) is 6.01. The molecule has 0 saturated carbocycles. The van der Waals surface area contributed by atoms with Gasteiger partial charge in [0.15, 0.2) is 0 Å². The van der Waals surface area contributed by atoms with E-state index in [0.717, 1.165) is 27.9 Å². The van der Waals surface area contributed by atoms with E-state index in [-0.39, 0.29) is 11.9 Å². The van der Waals surface area contributed by atoms with Gasteiger partial charge in [-0.05, 0) is 50.1 Å². The highest BCUT2D eigenvalue weighted by atomic mass is 16.2. The SMILES string of the molecule is Cc1ccc(C)c(C(=O)N(C)[C@@H](C)c2ccc(-n3cncn3)cc2)c1. The van der Waals surface area contributed by atoms with Crippen molar-refractivity contribution in [2.24, 2.45) is 0 Å². The van der Waals surface area contributed by atoms with Crippen molar-refractivity contribution >= 4 is 5.91 Å². The van der Waals surface area contributed by atoms with Gasteiger partial charge in [-0.2, -0.15) is 5.10 Å². The summed E-state index contributed by atoms with van der Waals surface area (Å²) in [7, 11) is 1.85. The second-order valence-corrected chi connectivity index (χ2v) is 6.34. The third-order valence-corrected chi connectivity index (χ3v) is 4.58. The average Bonchev–Trinajstić information content (AvgIpc) is 3.16. The predicted molar refractivity (Wildman–Crippen MR) is 97.8 cm³/mol. The Morgan fingerprint density at radius 2 is 1.84 bits per heavy atom. The lowest BCUT2D eigenvalue weighted by molar-refractivity contribution is 0.0742. The molecule has 0 spiro atoms. The molecule has 0 N–H and O–H groups in total. The number of amides is 1.